The first-order valence-corrected chi connectivity index (χ1v) is 5.00. The van der Waals surface area contributed by atoms with Crippen molar-refractivity contribution in [2.24, 2.45) is 0 Å². The number of rotatable bonds is 3. The number of carbonyl (C=O) groups is 2. The van der Waals surface area contributed by atoms with Crippen molar-refractivity contribution < 1.29 is 41.4 Å². The first kappa shape index (κ1) is 15.6. The Morgan fingerprint density at radius 2 is 1.79 bits per heavy atom. The quantitative estimate of drug-likeness (QED) is 0.784. The topological polar surface area (TPSA) is 66.8 Å². The Bertz CT molecular complexity index is 397. The molecule has 0 aromatic heterocycles. The SMILES string of the molecule is COC1(C(F)(F)C(=O)O)CCN(C(=O)C(F)(F)F)C1. The largest absolute Gasteiger partial charge is 0.477 e. The van der Waals surface area contributed by atoms with Crippen molar-refractivity contribution >= 4 is 11.9 Å². The Balaban J connectivity index is 2.99. The molecule has 1 aliphatic heterocycles. The summed E-state index contributed by atoms with van der Waals surface area (Å²) in [6, 6.07) is 0. The molecule has 19 heavy (non-hydrogen) atoms. The molecule has 1 atom stereocenters. The number of ether oxygens (including phenoxy) is 1. The van der Waals surface area contributed by atoms with E-state index in [1.807, 2.05) is 0 Å². The van der Waals surface area contributed by atoms with Gasteiger partial charge in [-0.1, -0.05) is 0 Å². The van der Waals surface area contributed by atoms with Crippen LogP contribution in [0.4, 0.5) is 22.0 Å². The van der Waals surface area contributed by atoms with Gasteiger partial charge in [-0.3, -0.25) is 4.79 Å². The van der Waals surface area contributed by atoms with Gasteiger partial charge in [0, 0.05) is 20.1 Å². The van der Waals surface area contributed by atoms with Crippen LogP contribution in [0.25, 0.3) is 0 Å². The Kier molecular flexibility index (Phi) is 3.76. The number of nitrogens with zero attached hydrogens (tertiary/aromatic N) is 1. The molecule has 10 heteroatoms. The predicted octanol–water partition coefficient (Wildman–Crippen LogP) is 0.886. The monoisotopic (exact) mass is 291 g/mol. The molecule has 1 rings (SSSR count). The first-order chi connectivity index (χ1) is 8.48. The van der Waals surface area contributed by atoms with Crippen molar-refractivity contribution in [2.75, 3.05) is 20.2 Å². The zero-order valence-electron chi connectivity index (χ0n) is 9.63. The lowest BCUT2D eigenvalue weighted by Gasteiger charge is -2.32. The number of carboxylic acids is 1. The van der Waals surface area contributed by atoms with Gasteiger partial charge in [-0.15, -0.1) is 0 Å². The maximum atomic E-state index is 13.5. The van der Waals surface area contributed by atoms with Gasteiger partial charge >= 0.3 is 24.0 Å². The summed E-state index contributed by atoms with van der Waals surface area (Å²) in [7, 11) is 0.762. The van der Waals surface area contributed by atoms with Crippen molar-refractivity contribution in [3.05, 3.63) is 0 Å². The minimum Gasteiger partial charge on any atom is -0.477 e. The van der Waals surface area contributed by atoms with Crippen molar-refractivity contribution in [1.29, 1.82) is 0 Å². The molecule has 1 fully saturated rings. The minimum absolute atomic E-state index is 0.111. The van der Waals surface area contributed by atoms with Gasteiger partial charge in [0.25, 0.3) is 0 Å². The number of carbonyl (C=O) groups excluding carboxylic acids is 1. The fourth-order valence-corrected chi connectivity index (χ4v) is 1.88. The number of carboxylic acid groups (broad SMARTS) is 1. The van der Waals surface area contributed by atoms with E-state index in [4.69, 9.17) is 5.11 Å². The fourth-order valence-electron chi connectivity index (χ4n) is 1.88. The molecule has 1 heterocycles. The van der Waals surface area contributed by atoms with Crippen LogP contribution < -0.4 is 0 Å². The molecule has 1 aliphatic rings. The van der Waals surface area contributed by atoms with Gasteiger partial charge < -0.3 is 14.7 Å². The van der Waals surface area contributed by atoms with E-state index in [9.17, 15) is 31.5 Å². The third-order valence-electron chi connectivity index (χ3n) is 2.99. The summed E-state index contributed by atoms with van der Waals surface area (Å²) < 4.78 is 67.9. The summed E-state index contributed by atoms with van der Waals surface area (Å²) >= 11 is 0. The van der Waals surface area contributed by atoms with Gasteiger partial charge in [-0.2, -0.15) is 22.0 Å². The van der Waals surface area contributed by atoms with Gasteiger partial charge in [0.15, 0.2) is 5.60 Å². The van der Waals surface area contributed by atoms with Crippen LogP contribution in [0.15, 0.2) is 0 Å². The molecule has 0 bridgehead atoms. The van der Waals surface area contributed by atoms with E-state index >= 15 is 0 Å². The third kappa shape index (κ3) is 2.48. The van der Waals surface area contributed by atoms with Gasteiger partial charge in [0.1, 0.15) is 0 Å². The second kappa shape index (κ2) is 4.58. The Hall–Kier alpha value is -1.45. The Morgan fingerprint density at radius 1 is 1.26 bits per heavy atom. The minimum atomic E-state index is -5.21. The number of methoxy groups -OCH3 is 1. The maximum absolute atomic E-state index is 13.5. The van der Waals surface area contributed by atoms with E-state index in [2.05, 4.69) is 4.74 Å². The number of hydrogen-bond acceptors (Lipinski definition) is 3. The normalized spacial score (nSPS) is 24.6. The second-order valence-corrected chi connectivity index (χ2v) is 4.05. The Labute approximate surface area is 103 Å². The maximum Gasteiger partial charge on any atom is 0.471 e. The van der Waals surface area contributed by atoms with Gasteiger partial charge in [-0.05, 0) is 0 Å². The first-order valence-electron chi connectivity index (χ1n) is 5.00. The Morgan fingerprint density at radius 3 is 2.16 bits per heavy atom. The summed E-state index contributed by atoms with van der Waals surface area (Å²) in [4.78, 5) is 21.5. The van der Waals surface area contributed by atoms with Crippen LogP contribution in [-0.2, 0) is 14.3 Å². The zero-order valence-corrected chi connectivity index (χ0v) is 9.63. The van der Waals surface area contributed by atoms with Crippen LogP contribution in [0.1, 0.15) is 6.42 Å². The van der Waals surface area contributed by atoms with Crippen LogP contribution in [0.3, 0.4) is 0 Å². The van der Waals surface area contributed by atoms with Crippen LogP contribution in [0.5, 0.6) is 0 Å². The standard InChI is InChI=1S/C9H10F5NO4/c1-19-7(8(10,11)6(17)18)2-3-15(4-7)5(16)9(12,13)14/h2-4H2,1H3,(H,17,18). The van der Waals surface area contributed by atoms with Crippen LogP contribution in [-0.4, -0.2) is 59.8 Å². The zero-order chi connectivity index (χ0) is 15.1. The highest BCUT2D eigenvalue weighted by atomic mass is 19.4. The summed E-state index contributed by atoms with van der Waals surface area (Å²) in [5.74, 6) is -9.22. The molecule has 1 amide bonds. The number of aliphatic carboxylic acids is 1. The number of alkyl halides is 5. The lowest BCUT2D eigenvalue weighted by atomic mass is 9.94. The van der Waals surface area contributed by atoms with Crippen molar-refractivity contribution in [1.82, 2.24) is 4.90 Å². The predicted molar refractivity (Wildman–Crippen MR) is 49.6 cm³/mol. The van der Waals surface area contributed by atoms with Gasteiger partial charge in [-0.25, -0.2) is 4.79 Å². The summed E-state index contributed by atoms with van der Waals surface area (Å²) in [6.45, 7) is -1.80. The molecule has 0 spiro atoms. The van der Waals surface area contributed by atoms with Crippen LogP contribution in [0, 0.1) is 0 Å². The average Bonchev–Trinajstić information content (AvgIpc) is 2.72. The van der Waals surface area contributed by atoms with E-state index in [0.717, 1.165) is 7.11 Å². The smallest absolute Gasteiger partial charge is 0.471 e. The molecule has 0 radical (unpaired) electrons. The van der Waals surface area contributed by atoms with Gasteiger partial charge in [0.2, 0.25) is 0 Å². The van der Waals surface area contributed by atoms with E-state index in [1.54, 1.807) is 0 Å². The van der Waals surface area contributed by atoms with E-state index < -0.39 is 49.1 Å². The molecule has 5 nitrogen and oxygen atoms in total. The second-order valence-electron chi connectivity index (χ2n) is 4.05. The summed E-state index contributed by atoms with van der Waals surface area (Å²) in [5.41, 5.74) is -2.65. The van der Waals surface area contributed by atoms with Crippen molar-refractivity contribution in [2.45, 2.75) is 24.1 Å². The summed E-state index contributed by atoms with van der Waals surface area (Å²) in [6.07, 6.45) is -5.91. The highest BCUT2D eigenvalue weighted by molar-refractivity contribution is 5.83. The number of amides is 1. The van der Waals surface area contributed by atoms with Gasteiger partial charge in [0.05, 0.1) is 6.54 Å². The molecule has 1 unspecified atom stereocenters. The molecule has 110 valence electrons. The number of hydrogen-bond donors (Lipinski definition) is 1. The molecule has 1 saturated heterocycles. The lowest BCUT2D eigenvalue weighted by molar-refractivity contribution is -0.214. The molecule has 0 aromatic carbocycles. The number of likely N-dealkylation sites (tertiary alicyclic amines) is 1. The van der Waals surface area contributed by atoms with E-state index in [1.165, 1.54) is 0 Å². The molecular formula is C9H10F5NO4. The molecule has 0 saturated carbocycles. The average molecular weight is 291 g/mol. The van der Waals surface area contributed by atoms with Crippen molar-refractivity contribution in [3.8, 4) is 0 Å². The lowest BCUT2D eigenvalue weighted by Crippen LogP contribution is -2.57. The highest BCUT2D eigenvalue weighted by Gasteiger charge is 2.64. The highest BCUT2D eigenvalue weighted by Crippen LogP contribution is 2.40. The van der Waals surface area contributed by atoms with Crippen LogP contribution >= 0.6 is 0 Å². The molecule has 0 aromatic rings. The summed E-state index contributed by atoms with van der Waals surface area (Å²) in [5, 5.41) is 8.43. The van der Waals surface area contributed by atoms with Crippen LogP contribution in [0.2, 0.25) is 0 Å². The van der Waals surface area contributed by atoms with E-state index in [0.29, 0.717) is 0 Å². The third-order valence-corrected chi connectivity index (χ3v) is 2.99. The molecule has 0 aliphatic carbocycles. The van der Waals surface area contributed by atoms with Crippen molar-refractivity contribution in [3.63, 3.8) is 0 Å². The fraction of sp³-hybridized carbons (Fsp3) is 0.778. The molecular weight excluding hydrogens is 281 g/mol. The number of halogens is 5. The van der Waals surface area contributed by atoms with E-state index in [-0.39, 0.29) is 4.90 Å². The molecule has 1 N–H and O–H groups in total.